The van der Waals surface area contributed by atoms with E-state index in [9.17, 15) is 4.79 Å². The number of fused-ring (bicyclic) bond motifs is 4. The molecule has 7 heteroatoms. The molecule has 3 fully saturated rings. The van der Waals surface area contributed by atoms with E-state index in [1.54, 1.807) is 0 Å². The largest absolute Gasteiger partial charge is 0.469 e. The molecule has 2 bridgehead atoms. The van der Waals surface area contributed by atoms with E-state index >= 15 is 0 Å². The molecule has 0 N–H and O–H groups in total. The zero-order valence-corrected chi connectivity index (χ0v) is 19.0. The number of hydrogen-bond donors (Lipinski definition) is 0. The third kappa shape index (κ3) is 3.13. The molecule has 4 aliphatic rings. The number of carbonyl (C=O) groups is 1. The maximum atomic E-state index is 12.5. The van der Waals surface area contributed by atoms with E-state index in [0.29, 0.717) is 0 Å². The fraction of sp³-hybridized carbons (Fsp3) is 0.423. The molecule has 1 aromatic carbocycles. The second-order valence-electron chi connectivity index (χ2n) is 9.56. The maximum Gasteiger partial charge on any atom is 0.311 e. The van der Waals surface area contributed by atoms with E-state index in [-0.39, 0.29) is 23.7 Å². The molecule has 3 heterocycles. The van der Waals surface area contributed by atoms with E-state index in [1.807, 2.05) is 37.3 Å². The molecule has 0 unspecified atom stereocenters. The molecule has 1 aliphatic heterocycles. The van der Waals surface area contributed by atoms with Gasteiger partial charge in [-0.3, -0.25) is 14.5 Å². The second-order valence-corrected chi connectivity index (χ2v) is 9.56. The topological polar surface area (TPSA) is 75.5 Å². The van der Waals surface area contributed by atoms with Gasteiger partial charge < -0.3 is 14.2 Å². The van der Waals surface area contributed by atoms with Crippen molar-refractivity contribution >= 4 is 5.97 Å². The van der Waals surface area contributed by atoms with Gasteiger partial charge in [0.2, 0.25) is 6.79 Å². The lowest BCUT2D eigenvalue weighted by molar-refractivity contribution is -0.162. The van der Waals surface area contributed by atoms with E-state index in [2.05, 4.69) is 16.9 Å². The number of pyridine rings is 1. The fourth-order valence-electron chi connectivity index (χ4n) is 5.79. The molecule has 0 amide bonds. The van der Waals surface area contributed by atoms with E-state index in [1.165, 1.54) is 7.11 Å². The van der Waals surface area contributed by atoms with Gasteiger partial charge >= 0.3 is 5.97 Å². The van der Waals surface area contributed by atoms with Gasteiger partial charge in [0.25, 0.3) is 0 Å². The SMILES string of the molecule is COC(=O)C12CCC(n3cc(-c4ccc5c(c4)OCO5)c(-c4cccc(C)n4)n3)(CC1)CC2. The molecular weight excluding hydrogens is 418 g/mol. The highest BCUT2D eigenvalue weighted by Crippen LogP contribution is 2.56. The number of aryl methyl sites for hydroxylation is 1. The third-order valence-electron chi connectivity index (χ3n) is 7.84. The molecule has 0 spiro atoms. The number of benzene rings is 1. The van der Waals surface area contributed by atoms with Crippen LogP contribution in [0.25, 0.3) is 22.5 Å². The highest BCUT2D eigenvalue weighted by molar-refractivity contribution is 5.80. The minimum Gasteiger partial charge on any atom is -0.469 e. The number of nitrogens with zero attached hydrogens (tertiary/aromatic N) is 3. The Morgan fingerprint density at radius 3 is 2.52 bits per heavy atom. The van der Waals surface area contributed by atoms with E-state index in [0.717, 1.165) is 78.2 Å². The maximum absolute atomic E-state index is 12.5. The lowest BCUT2D eigenvalue weighted by atomic mass is 9.57. The number of hydrogen-bond acceptors (Lipinski definition) is 6. The lowest BCUT2D eigenvalue weighted by Crippen LogP contribution is -2.51. The first-order chi connectivity index (χ1) is 16.0. The average Bonchev–Trinajstić information content (AvgIpc) is 3.52. The summed E-state index contributed by atoms with van der Waals surface area (Å²) in [4.78, 5) is 17.2. The van der Waals surface area contributed by atoms with E-state index in [4.69, 9.17) is 24.3 Å². The van der Waals surface area contributed by atoms with Gasteiger partial charge in [-0.1, -0.05) is 12.1 Å². The zero-order valence-electron chi connectivity index (χ0n) is 19.0. The number of carbonyl (C=O) groups excluding carboxylic acids is 1. The summed E-state index contributed by atoms with van der Waals surface area (Å²) >= 11 is 0. The van der Waals surface area contributed by atoms with Gasteiger partial charge in [-0.25, -0.2) is 0 Å². The van der Waals surface area contributed by atoms with Crippen LogP contribution in [0, 0.1) is 12.3 Å². The Kier molecular flexibility index (Phi) is 4.50. The van der Waals surface area contributed by atoms with Gasteiger partial charge in [-0.2, -0.15) is 5.10 Å². The summed E-state index contributed by atoms with van der Waals surface area (Å²) in [6.07, 6.45) is 7.46. The highest BCUT2D eigenvalue weighted by Gasteiger charge is 2.54. The van der Waals surface area contributed by atoms with Gasteiger partial charge in [0.1, 0.15) is 5.69 Å². The molecule has 33 heavy (non-hydrogen) atoms. The first-order valence-electron chi connectivity index (χ1n) is 11.5. The Labute approximate surface area is 192 Å². The van der Waals surface area contributed by atoms with Gasteiger partial charge in [-0.05, 0) is 75.3 Å². The van der Waals surface area contributed by atoms with Crippen molar-refractivity contribution in [3.05, 3.63) is 48.3 Å². The molecular formula is C26H27N3O4. The predicted molar refractivity (Wildman–Crippen MR) is 122 cm³/mol. The van der Waals surface area contributed by atoms with Gasteiger partial charge in [0.15, 0.2) is 11.5 Å². The van der Waals surface area contributed by atoms with Crippen molar-refractivity contribution < 1.29 is 19.0 Å². The molecule has 7 nitrogen and oxygen atoms in total. The minimum absolute atomic E-state index is 0.0537. The smallest absolute Gasteiger partial charge is 0.311 e. The van der Waals surface area contributed by atoms with Crippen LogP contribution in [0.4, 0.5) is 0 Å². The minimum atomic E-state index is -0.315. The van der Waals surface area contributed by atoms with Crippen LogP contribution in [0.3, 0.4) is 0 Å². The van der Waals surface area contributed by atoms with Crippen molar-refractivity contribution in [1.82, 2.24) is 14.8 Å². The molecule has 3 aromatic rings. The third-order valence-corrected chi connectivity index (χ3v) is 7.84. The van der Waals surface area contributed by atoms with Crippen molar-refractivity contribution in [1.29, 1.82) is 0 Å². The molecule has 0 saturated heterocycles. The molecule has 0 radical (unpaired) electrons. The number of methoxy groups -OCH3 is 1. The Balaban J connectivity index is 1.43. The Bertz CT molecular complexity index is 1220. The summed E-state index contributed by atoms with van der Waals surface area (Å²) in [6.45, 7) is 2.24. The first kappa shape index (κ1) is 20.3. The summed E-state index contributed by atoms with van der Waals surface area (Å²) in [7, 11) is 1.50. The summed E-state index contributed by atoms with van der Waals surface area (Å²) in [5, 5.41) is 5.14. The van der Waals surface area contributed by atoms with Crippen LogP contribution in [0.15, 0.2) is 42.6 Å². The highest BCUT2D eigenvalue weighted by atomic mass is 16.7. The first-order valence-corrected chi connectivity index (χ1v) is 11.5. The van der Waals surface area contributed by atoms with Gasteiger partial charge in [-0.15, -0.1) is 0 Å². The summed E-state index contributed by atoms with van der Waals surface area (Å²) in [5.74, 6) is 1.46. The van der Waals surface area contributed by atoms with Crippen molar-refractivity contribution in [3.8, 4) is 34.0 Å². The Morgan fingerprint density at radius 1 is 1.03 bits per heavy atom. The van der Waals surface area contributed by atoms with Crippen LogP contribution in [0.1, 0.15) is 44.2 Å². The van der Waals surface area contributed by atoms with Crippen molar-refractivity contribution in [2.75, 3.05) is 13.9 Å². The molecule has 2 aromatic heterocycles. The summed E-state index contributed by atoms with van der Waals surface area (Å²) in [6, 6.07) is 12.0. The molecule has 170 valence electrons. The van der Waals surface area contributed by atoms with Crippen molar-refractivity contribution in [3.63, 3.8) is 0 Å². The number of rotatable bonds is 4. The standard InChI is InChI=1S/C26H27N3O4/c1-17-4-3-5-20(27-17)23-19(18-6-7-21-22(14-18)33-16-32-21)15-29(28-23)26-11-8-25(9-12-26,10-13-26)24(30)31-2/h3-7,14-15H,8-13,16H2,1-2H3. The molecule has 3 aliphatic carbocycles. The lowest BCUT2D eigenvalue weighted by Gasteiger charge is -2.51. The Hall–Kier alpha value is -3.35. The molecule has 0 atom stereocenters. The monoisotopic (exact) mass is 445 g/mol. The van der Waals surface area contributed by atoms with Crippen LogP contribution in [-0.2, 0) is 15.1 Å². The van der Waals surface area contributed by atoms with Crippen LogP contribution < -0.4 is 9.47 Å². The van der Waals surface area contributed by atoms with Crippen molar-refractivity contribution in [2.24, 2.45) is 5.41 Å². The van der Waals surface area contributed by atoms with Gasteiger partial charge in [0, 0.05) is 17.5 Å². The Morgan fingerprint density at radius 2 is 1.79 bits per heavy atom. The van der Waals surface area contributed by atoms with Gasteiger partial charge in [0.05, 0.1) is 23.8 Å². The molecule has 3 saturated carbocycles. The van der Waals surface area contributed by atoms with Crippen molar-refractivity contribution in [2.45, 2.75) is 51.0 Å². The van der Waals surface area contributed by atoms with E-state index < -0.39 is 0 Å². The quantitative estimate of drug-likeness (QED) is 0.533. The molecule has 7 rings (SSSR count). The number of esters is 1. The predicted octanol–water partition coefficient (Wildman–Crippen LogP) is 4.87. The number of aromatic nitrogens is 3. The summed E-state index contributed by atoms with van der Waals surface area (Å²) < 4.78 is 18.4. The van der Waals surface area contributed by atoms with Crippen LogP contribution in [0.5, 0.6) is 11.5 Å². The normalized spacial score (nSPS) is 25.3. The van der Waals surface area contributed by atoms with Crippen LogP contribution >= 0.6 is 0 Å². The zero-order chi connectivity index (χ0) is 22.6. The van der Waals surface area contributed by atoms with Crippen LogP contribution in [0.2, 0.25) is 0 Å². The van der Waals surface area contributed by atoms with Crippen LogP contribution in [-0.4, -0.2) is 34.6 Å². The number of ether oxygens (including phenoxy) is 3. The second kappa shape index (κ2) is 7.33. The summed E-state index contributed by atoms with van der Waals surface area (Å²) in [5.41, 5.74) is 4.32. The average molecular weight is 446 g/mol. The fourth-order valence-corrected chi connectivity index (χ4v) is 5.79.